The van der Waals surface area contributed by atoms with Crippen LogP contribution in [0, 0.1) is 6.92 Å². The van der Waals surface area contributed by atoms with Gasteiger partial charge in [0.25, 0.3) is 0 Å². The third kappa shape index (κ3) is 2.01. The molecule has 0 spiro atoms. The first kappa shape index (κ1) is 12.9. The molecule has 3 nitrogen and oxygen atoms in total. The molecule has 0 bridgehead atoms. The van der Waals surface area contributed by atoms with E-state index in [1.165, 1.54) is 11.1 Å². The largest absolute Gasteiger partial charge is 0.496 e. The highest BCUT2D eigenvalue weighted by atomic mass is 35.5. The van der Waals surface area contributed by atoms with Crippen molar-refractivity contribution in [3.05, 3.63) is 29.5 Å². The fraction of sp³-hybridized carbons (Fsp3) is 0.333. The Morgan fingerprint density at radius 2 is 2.19 bits per heavy atom. The van der Waals surface area contributed by atoms with E-state index in [4.69, 9.17) is 14.9 Å². The maximum absolute atomic E-state index is 5.59. The van der Waals surface area contributed by atoms with E-state index in [2.05, 4.69) is 6.92 Å². The van der Waals surface area contributed by atoms with Crippen LogP contribution in [0.15, 0.2) is 22.8 Å². The number of hydrogen-bond donors (Lipinski definition) is 1. The summed E-state index contributed by atoms with van der Waals surface area (Å²) in [6.45, 7) is 2.70. The van der Waals surface area contributed by atoms with Gasteiger partial charge in [0, 0.05) is 11.5 Å². The van der Waals surface area contributed by atoms with E-state index in [9.17, 15) is 0 Å². The fourth-order valence-corrected chi connectivity index (χ4v) is 1.93. The molecule has 0 aliphatic carbocycles. The van der Waals surface area contributed by atoms with Crippen LogP contribution in [0.4, 0.5) is 0 Å². The Labute approximate surface area is 101 Å². The molecule has 4 heteroatoms. The van der Waals surface area contributed by atoms with Crippen molar-refractivity contribution in [2.75, 3.05) is 13.7 Å². The summed E-state index contributed by atoms with van der Waals surface area (Å²) in [6, 6.07) is 3.90. The normalized spacial score (nSPS) is 10.2. The van der Waals surface area contributed by atoms with Crippen molar-refractivity contribution in [1.82, 2.24) is 0 Å². The number of aryl methyl sites for hydroxylation is 1. The lowest BCUT2D eigenvalue weighted by molar-refractivity contribution is 0.409. The van der Waals surface area contributed by atoms with Crippen molar-refractivity contribution < 1.29 is 9.15 Å². The zero-order chi connectivity index (χ0) is 10.8. The number of methoxy groups -OCH3 is 1. The summed E-state index contributed by atoms with van der Waals surface area (Å²) in [5, 5.41) is 1.14. The molecule has 2 N–H and O–H groups in total. The minimum absolute atomic E-state index is 0. The van der Waals surface area contributed by atoms with Gasteiger partial charge in [-0.2, -0.15) is 0 Å². The molecule has 0 saturated carbocycles. The Morgan fingerprint density at radius 1 is 1.44 bits per heavy atom. The molecule has 1 aromatic carbocycles. The number of hydrogen-bond acceptors (Lipinski definition) is 3. The van der Waals surface area contributed by atoms with E-state index in [1.807, 2.05) is 12.1 Å². The van der Waals surface area contributed by atoms with Crippen LogP contribution in [0.25, 0.3) is 11.0 Å². The zero-order valence-electron chi connectivity index (χ0n) is 9.45. The number of halogens is 1. The standard InChI is InChI=1S/C12H15NO2.ClH/c1-8-9(3-5-13)11(14-2)7-12-10(8)4-6-15-12;/h4,6-7H,3,5,13H2,1-2H3;1H. The number of rotatable bonds is 3. The monoisotopic (exact) mass is 241 g/mol. The zero-order valence-corrected chi connectivity index (χ0v) is 10.3. The van der Waals surface area contributed by atoms with Crippen molar-refractivity contribution in [3.63, 3.8) is 0 Å². The van der Waals surface area contributed by atoms with Crippen molar-refractivity contribution in [2.45, 2.75) is 13.3 Å². The second-order valence-electron chi connectivity index (χ2n) is 3.55. The van der Waals surface area contributed by atoms with Gasteiger partial charge >= 0.3 is 0 Å². The number of furan rings is 1. The maximum atomic E-state index is 5.59. The molecule has 1 aromatic heterocycles. The summed E-state index contributed by atoms with van der Waals surface area (Å²) < 4.78 is 10.7. The van der Waals surface area contributed by atoms with Crippen LogP contribution in [0.1, 0.15) is 11.1 Å². The van der Waals surface area contributed by atoms with Gasteiger partial charge in [-0.25, -0.2) is 0 Å². The Hall–Kier alpha value is -1.19. The average molecular weight is 242 g/mol. The summed E-state index contributed by atoms with van der Waals surface area (Å²) in [7, 11) is 1.67. The van der Waals surface area contributed by atoms with Gasteiger partial charge in [0.05, 0.1) is 13.4 Å². The molecule has 2 rings (SSSR count). The number of ether oxygens (including phenoxy) is 1. The predicted octanol–water partition coefficient (Wildman–Crippen LogP) is 2.67. The van der Waals surface area contributed by atoms with Crippen molar-refractivity contribution in [1.29, 1.82) is 0 Å². The van der Waals surface area contributed by atoms with Crippen LogP contribution < -0.4 is 10.5 Å². The second-order valence-corrected chi connectivity index (χ2v) is 3.55. The summed E-state index contributed by atoms with van der Waals surface area (Å²) in [6.07, 6.45) is 2.53. The Bertz CT molecular complexity index is 479. The van der Waals surface area contributed by atoms with Crippen LogP contribution >= 0.6 is 12.4 Å². The summed E-state index contributed by atoms with van der Waals surface area (Å²) >= 11 is 0. The van der Waals surface area contributed by atoms with Gasteiger partial charge in [0.2, 0.25) is 0 Å². The minimum atomic E-state index is 0. The van der Waals surface area contributed by atoms with E-state index in [-0.39, 0.29) is 12.4 Å². The van der Waals surface area contributed by atoms with Crippen LogP contribution in [0.5, 0.6) is 5.75 Å². The first-order valence-corrected chi connectivity index (χ1v) is 5.01. The van der Waals surface area contributed by atoms with Crippen molar-refractivity contribution in [2.24, 2.45) is 5.73 Å². The summed E-state index contributed by atoms with van der Waals surface area (Å²) in [5.74, 6) is 0.861. The third-order valence-corrected chi connectivity index (χ3v) is 2.73. The molecule has 0 aliphatic rings. The van der Waals surface area contributed by atoms with Crippen molar-refractivity contribution >= 4 is 23.4 Å². The lowest BCUT2D eigenvalue weighted by atomic mass is 10.0. The Kier molecular flexibility index (Phi) is 4.21. The number of nitrogens with two attached hydrogens (primary N) is 1. The molecule has 1 heterocycles. The van der Waals surface area contributed by atoms with Gasteiger partial charge in [-0.05, 0) is 37.1 Å². The van der Waals surface area contributed by atoms with Crippen LogP contribution in [-0.2, 0) is 6.42 Å². The van der Waals surface area contributed by atoms with Gasteiger partial charge in [0.1, 0.15) is 11.3 Å². The first-order chi connectivity index (χ1) is 7.27. The lowest BCUT2D eigenvalue weighted by Crippen LogP contribution is -2.06. The minimum Gasteiger partial charge on any atom is -0.496 e. The van der Waals surface area contributed by atoms with E-state index in [0.29, 0.717) is 6.54 Å². The molecule has 0 radical (unpaired) electrons. The summed E-state index contributed by atoms with van der Waals surface area (Å²) in [4.78, 5) is 0. The second kappa shape index (κ2) is 5.23. The average Bonchev–Trinajstić information content (AvgIpc) is 2.70. The van der Waals surface area contributed by atoms with E-state index in [1.54, 1.807) is 13.4 Å². The first-order valence-electron chi connectivity index (χ1n) is 5.01. The Balaban J connectivity index is 0.00000128. The molecule has 0 fully saturated rings. The highest BCUT2D eigenvalue weighted by Gasteiger charge is 2.11. The van der Waals surface area contributed by atoms with Gasteiger partial charge in [0.15, 0.2) is 0 Å². The molecular formula is C12H16ClNO2. The third-order valence-electron chi connectivity index (χ3n) is 2.73. The SMILES string of the molecule is COc1cc2occc2c(C)c1CCN.Cl. The molecule has 2 aromatic rings. The molecule has 88 valence electrons. The molecule has 0 atom stereocenters. The van der Waals surface area contributed by atoms with Crippen LogP contribution in [0.2, 0.25) is 0 Å². The van der Waals surface area contributed by atoms with E-state index in [0.717, 1.165) is 23.1 Å². The molecule has 0 aliphatic heterocycles. The summed E-state index contributed by atoms with van der Waals surface area (Å²) in [5.41, 5.74) is 8.83. The van der Waals surface area contributed by atoms with Crippen LogP contribution in [-0.4, -0.2) is 13.7 Å². The van der Waals surface area contributed by atoms with E-state index < -0.39 is 0 Å². The maximum Gasteiger partial charge on any atom is 0.137 e. The Morgan fingerprint density at radius 3 is 2.81 bits per heavy atom. The van der Waals surface area contributed by atoms with Gasteiger partial charge < -0.3 is 14.9 Å². The highest BCUT2D eigenvalue weighted by Crippen LogP contribution is 2.31. The topological polar surface area (TPSA) is 48.4 Å². The van der Waals surface area contributed by atoms with Crippen LogP contribution in [0.3, 0.4) is 0 Å². The number of benzene rings is 1. The van der Waals surface area contributed by atoms with Gasteiger partial charge in [-0.3, -0.25) is 0 Å². The lowest BCUT2D eigenvalue weighted by Gasteiger charge is -2.11. The quantitative estimate of drug-likeness (QED) is 0.899. The highest BCUT2D eigenvalue weighted by molar-refractivity contribution is 5.85. The molecule has 0 amide bonds. The fourth-order valence-electron chi connectivity index (χ4n) is 1.93. The predicted molar refractivity (Wildman–Crippen MR) is 67.5 cm³/mol. The van der Waals surface area contributed by atoms with Gasteiger partial charge in [-0.15, -0.1) is 12.4 Å². The smallest absolute Gasteiger partial charge is 0.137 e. The molecule has 0 saturated heterocycles. The molecule has 0 unspecified atom stereocenters. The molecular weight excluding hydrogens is 226 g/mol. The number of fused-ring (bicyclic) bond motifs is 1. The molecule has 16 heavy (non-hydrogen) atoms. The van der Waals surface area contributed by atoms with Crippen molar-refractivity contribution in [3.8, 4) is 5.75 Å². The van der Waals surface area contributed by atoms with Gasteiger partial charge in [-0.1, -0.05) is 0 Å². The van der Waals surface area contributed by atoms with E-state index >= 15 is 0 Å².